The van der Waals surface area contributed by atoms with Crippen molar-refractivity contribution in [2.75, 3.05) is 4.90 Å². The van der Waals surface area contributed by atoms with Crippen molar-refractivity contribution >= 4 is 107 Å². The summed E-state index contributed by atoms with van der Waals surface area (Å²) in [6.07, 6.45) is 1.83. The molecular formula is C31H21Br2Cl3N2O2S. The lowest BCUT2D eigenvalue weighted by molar-refractivity contribution is -0.113. The Kier molecular flexibility index (Phi) is 9.53. The third-order valence-electron chi connectivity index (χ3n) is 6.25. The molecule has 0 bridgehead atoms. The molecule has 1 aliphatic rings. The van der Waals surface area contributed by atoms with Crippen LogP contribution in [0.2, 0.25) is 15.1 Å². The van der Waals surface area contributed by atoms with Gasteiger partial charge in [0.15, 0.2) is 5.17 Å². The van der Waals surface area contributed by atoms with E-state index in [9.17, 15) is 4.79 Å². The second kappa shape index (κ2) is 12.9. The summed E-state index contributed by atoms with van der Waals surface area (Å²) in [6.45, 7) is 4.15. The minimum absolute atomic E-state index is 0.210. The molecule has 4 aromatic carbocycles. The van der Waals surface area contributed by atoms with Crippen LogP contribution in [-0.4, -0.2) is 11.1 Å². The van der Waals surface area contributed by atoms with E-state index in [0.29, 0.717) is 48.9 Å². The number of carbonyl (C=O) groups is 1. The molecule has 4 nitrogen and oxygen atoms in total. The van der Waals surface area contributed by atoms with Gasteiger partial charge in [-0.3, -0.25) is 9.69 Å². The van der Waals surface area contributed by atoms with E-state index < -0.39 is 0 Å². The van der Waals surface area contributed by atoms with Crippen LogP contribution < -0.4 is 9.64 Å². The number of thioether (sulfide) groups is 1. The van der Waals surface area contributed by atoms with Gasteiger partial charge in [-0.2, -0.15) is 0 Å². The molecule has 0 radical (unpaired) electrons. The first-order chi connectivity index (χ1) is 19.6. The van der Waals surface area contributed by atoms with Gasteiger partial charge in [0, 0.05) is 20.6 Å². The first kappa shape index (κ1) is 30.2. The molecule has 1 amide bonds. The van der Waals surface area contributed by atoms with Crippen molar-refractivity contribution in [3.05, 3.63) is 124 Å². The van der Waals surface area contributed by atoms with Crippen LogP contribution in [0, 0.1) is 13.8 Å². The number of amidine groups is 1. The number of benzene rings is 4. The molecule has 0 aliphatic carbocycles. The second-order valence-electron chi connectivity index (χ2n) is 9.21. The van der Waals surface area contributed by atoms with Crippen LogP contribution in [0.3, 0.4) is 0 Å². The Morgan fingerprint density at radius 3 is 2.20 bits per heavy atom. The molecule has 1 saturated heterocycles. The van der Waals surface area contributed by atoms with Crippen LogP contribution in [0.25, 0.3) is 6.08 Å². The molecular weight excluding hydrogens is 731 g/mol. The average Bonchev–Trinajstić information content (AvgIpc) is 3.22. The highest BCUT2D eigenvalue weighted by atomic mass is 79.9. The number of anilines is 1. The number of aliphatic imine (C=N–C) groups is 1. The summed E-state index contributed by atoms with van der Waals surface area (Å²) in [5.74, 6) is 0.421. The highest BCUT2D eigenvalue weighted by Crippen LogP contribution is 2.41. The third-order valence-corrected chi connectivity index (χ3v) is 9.58. The summed E-state index contributed by atoms with van der Waals surface area (Å²) >= 11 is 27.6. The monoisotopic (exact) mass is 748 g/mol. The lowest BCUT2D eigenvalue weighted by atomic mass is 10.2. The zero-order valence-corrected chi connectivity index (χ0v) is 28.0. The fourth-order valence-electron chi connectivity index (χ4n) is 3.98. The fraction of sp³-hybridized carbons (Fsp3) is 0.0968. The molecule has 0 saturated carbocycles. The molecule has 0 N–H and O–H groups in total. The lowest BCUT2D eigenvalue weighted by Crippen LogP contribution is -2.28. The van der Waals surface area contributed by atoms with Crippen LogP contribution in [0.15, 0.2) is 91.6 Å². The number of aryl methyl sites for hydroxylation is 2. The largest absolute Gasteiger partial charge is 0.486 e. The van der Waals surface area contributed by atoms with Crippen LogP contribution in [0.1, 0.15) is 22.3 Å². The first-order valence-electron chi connectivity index (χ1n) is 12.3. The quantitative estimate of drug-likeness (QED) is 0.184. The molecule has 1 heterocycles. The fourth-order valence-corrected chi connectivity index (χ4v) is 6.97. The van der Waals surface area contributed by atoms with Gasteiger partial charge in [0.05, 0.1) is 25.2 Å². The van der Waals surface area contributed by atoms with Crippen molar-refractivity contribution in [3.8, 4) is 5.75 Å². The minimum Gasteiger partial charge on any atom is -0.486 e. The second-order valence-corrected chi connectivity index (χ2v) is 13.1. The molecule has 0 atom stereocenters. The number of nitrogens with zero attached hydrogens (tertiary/aromatic N) is 2. The van der Waals surface area contributed by atoms with E-state index in [1.54, 1.807) is 17.0 Å². The summed E-state index contributed by atoms with van der Waals surface area (Å²) in [7, 11) is 0. The highest BCUT2D eigenvalue weighted by Gasteiger charge is 2.35. The third kappa shape index (κ3) is 6.87. The van der Waals surface area contributed by atoms with Gasteiger partial charge < -0.3 is 4.74 Å². The zero-order valence-electron chi connectivity index (χ0n) is 21.7. The van der Waals surface area contributed by atoms with Crippen molar-refractivity contribution in [1.82, 2.24) is 0 Å². The topological polar surface area (TPSA) is 41.9 Å². The van der Waals surface area contributed by atoms with E-state index >= 15 is 0 Å². The van der Waals surface area contributed by atoms with E-state index in [2.05, 4.69) is 31.9 Å². The summed E-state index contributed by atoms with van der Waals surface area (Å²) in [4.78, 5) is 20.6. The molecule has 1 fully saturated rings. The van der Waals surface area contributed by atoms with Gasteiger partial charge in [-0.25, -0.2) is 4.99 Å². The average molecular weight is 752 g/mol. The first-order valence-corrected chi connectivity index (χ1v) is 15.8. The van der Waals surface area contributed by atoms with Gasteiger partial charge in [-0.15, -0.1) is 0 Å². The van der Waals surface area contributed by atoms with Crippen LogP contribution in [0.4, 0.5) is 11.4 Å². The summed E-state index contributed by atoms with van der Waals surface area (Å²) < 4.78 is 7.51. The number of carbonyl (C=O) groups excluding carboxylic acids is 1. The number of amides is 1. The SMILES string of the molecule is Cc1ccc(N=C2S/C(=C/c3cc(Br)c(OCc4ccccc4Cl)c(Br)c3)C(=O)N2c2ccc(C)c(Cl)c2)cc1Cl. The predicted molar refractivity (Wildman–Crippen MR) is 180 cm³/mol. The van der Waals surface area contributed by atoms with Crippen LogP contribution in [-0.2, 0) is 11.4 Å². The van der Waals surface area contributed by atoms with Crippen molar-refractivity contribution in [3.63, 3.8) is 0 Å². The van der Waals surface area contributed by atoms with Crippen molar-refractivity contribution in [2.45, 2.75) is 20.5 Å². The Bertz CT molecular complexity index is 1720. The van der Waals surface area contributed by atoms with Gasteiger partial charge in [0.1, 0.15) is 12.4 Å². The maximum absolute atomic E-state index is 13.8. The Labute approximate surface area is 274 Å². The van der Waals surface area contributed by atoms with Crippen molar-refractivity contribution in [1.29, 1.82) is 0 Å². The van der Waals surface area contributed by atoms with Gasteiger partial charge >= 0.3 is 0 Å². The summed E-state index contributed by atoms with van der Waals surface area (Å²) in [5.41, 5.74) is 4.82. The molecule has 5 rings (SSSR count). The Morgan fingerprint density at radius 2 is 1.54 bits per heavy atom. The van der Waals surface area contributed by atoms with Crippen molar-refractivity contribution < 1.29 is 9.53 Å². The van der Waals surface area contributed by atoms with Gasteiger partial charge in [0.25, 0.3) is 5.91 Å². The molecule has 1 aliphatic heterocycles. The highest BCUT2D eigenvalue weighted by molar-refractivity contribution is 9.11. The van der Waals surface area contributed by atoms with E-state index in [-0.39, 0.29) is 5.91 Å². The Hall–Kier alpha value is -2.26. The maximum Gasteiger partial charge on any atom is 0.271 e. The van der Waals surface area contributed by atoms with E-state index in [1.165, 1.54) is 11.8 Å². The van der Waals surface area contributed by atoms with Crippen LogP contribution in [0.5, 0.6) is 5.75 Å². The number of halogens is 5. The smallest absolute Gasteiger partial charge is 0.271 e. The number of hydrogen-bond acceptors (Lipinski definition) is 4. The molecule has 4 aromatic rings. The van der Waals surface area contributed by atoms with Crippen molar-refractivity contribution in [2.24, 2.45) is 4.99 Å². The zero-order chi connectivity index (χ0) is 29.3. The Balaban J connectivity index is 1.48. The number of ether oxygens (including phenoxy) is 1. The molecule has 208 valence electrons. The molecule has 41 heavy (non-hydrogen) atoms. The van der Waals surface area contributed by atoms with E-state index in [0.717, 1.165) is 31.2 Å². The van der Waals surface area contributed by atoms with Crippen LogP contribution >= 0.6 is 78.4 Å². The summed E-state index contributed by atoms with van der Waals surface area (Å²) in [5, 5.41) is 2.31. The predicted octanol–water partition coefficient (Wildman–Crippen LogP) is 11.2. The number of hydrogen-bond donors (Lipinski definition) is 0. The normalized spacial score (nSPS) is 15.3. The number of rotatable bonds is 6. The molecule has 10 heteroatoms. The lowest BCUT2D eigenvalue weighted by Gasteiger charge is -2.16. The minimum atomic E-state index is -0.210. The van der Waals surface area contributed by atoms with Gasteiger partial charge in [-0.1, -0.05) is 65.1 Å². The molecule has 0 spiro atoms. The van der Waals surface area contributed by atoms with E-state index in [4.69, 9.17) is 44.5 Å². The maximum atomic E-state index is 13.8. The Morgan fingerprint density at radius 1 is 0.878 bits per heavy atom. The molecule has 0 unspecified atom stereocenters. The van der Waals surface area contributed by atoms with Gasteiger partial charge in [0.2, 0.25) is 0 Å². The summed E-state index contributed by atoms with van der Waals surface area (Å²) in [6, 6.07) is 22.4. The van der Waals surface area contributed by atoms with E-state index in [1.807, 2.05) is 80.6 Å². The molecule has 0 aromatic heterocycles. The van der Waals surface area contributed by atoms with Gasteiger partial charge in [-0.05, 0) is 123 Å². The standard InChI is InChI=1S/C31H21Br2Cl3N2O2S/c1-17-7-9-21(14-26(17)35)37-31-38(22-10-8-18(2)27(36)15-22)30(39)28(41-31)13-19-11-23(32)29(24(33)12-19)40-16-20-5-3-4-6-25(20)34/h3-15H,16H2,1-2H3/b28-13+,37-31?.